The molecule has 1 fully saturated rings. The van der Waals surface area contributed by atoms with Crippen molar-refractivity contribution in [3.8, 4) is 0 Å². The molecule has 1 aliphatic rings. The first-order valence-corrected chi connectivity index (χ1v) is 6.35. The van der Waals surface area contributed by atoms with Crippen LogP contribution in [-0.4, -0.2) is 26.3 Å². The Bertz CT molecular complexity index is 403. The SMILES string of the molecule is CCn1cc(C(=O)C2(O)CCC(C)CC2)cn1. The Hall–Kier alpha value is -1.16. The lowest BCUT2D eigenvalue weighted by atomic mass is 9.76. The summed E-state index contributed by atoms with van der Waals surface area (Å²) in [5, 5.41) is 14.5. The van der Waals surface area contributed by atoms with E-state index < -0.39 is 5.60 Å². The first-order valence-electron chi connectivity index (χ1n) is 6.35. The van der Waals surface area contributed by atoms with Crippen LogP contribution in [0.4, 0.5) is 0 Å². The van der Waals surface area contributed by atoms with Gasteiger partial charge >= 0.3 is 0 Å². The predicted octanol–water partition coefficient (Wildman–Crippen LogP) is 2.03. The lowest BCUT2D eigenvalue weighted by Gasteiger charge is -2.33. The zero-order valence-electron chi connectivity index (χ0n) is 10.5. The minimum absolute atomic E-state index is 0.163. The second-order valence-electron chi connectivity index (χ2n) is 5.13. The number of aliphatic hydroxyl groups is 1. The molecule has 2 rings (SSSR count). The Morgan fingerprint density at radius 1 is 1.59 bits per heavy atom. The highest BCUT2D eigenvalue weighted by molar-refractivity contribution is 6.02. The van der Waals surface area contributed by atoms with Crippen LogP contribution in [0.3, 0.4) is 0 Å². The Kier molecular flexibility index (Phi) is 3.33. The summed E-state index contributed by atoms with van der Waals surface area (Å²) in [5.41, 5.74) is -0.627. The number of aryl methyl sites for hydroxylation is 1. The monoisotopic (exact) mass is 236 g/mol. The smallest absolute Gasteiger partial charge is 0.197 e. The Labute approximate surface area is 102 Å². The van der Waals surface area contributed by atoms with Crippen LogP contribution in [0.2, 0.25) is 0 Å². The van der Waals surface area contributed by atoms with Crippen molar-refractivity contribution in [2.75, 3.05) is 0 Å². The minimum atomic E-state index is -1.16. The highest BCUT2D eigenvalue weighted by Crippen LogP contribution is 2.34. The third-order valence-corrected chi connectivity index (χ3v) is 3.74. The number of hydrogen-bond donors (Lipinski definition) is 1. The fourth-order valence-corrected chi connectivity index (χ4v) is 2.39. The largest absolute Gasteiger partial charge is 0.382 e. The Morgan fingerprint density at radius 2 is 2.24 bits per heavy atom. The maximum Gasteiger partial charge on any atom is 0.197 e. The zero-order valence-corrected chi connectivity index (χ0v) is 10.5. The van der Waals surface area contributed by atoms with Gasteiger partial charge in [0.1, 0.15) is 5.60 Å². The van der Waals surface area contributed by atoms with Crippen molar-refractivity contribution in [1.29, 1.82) is 0 Å². The minimum Gasteiger partial charge on any atom is -0.382 e. The summed E-state index contributed by atoms with van der Waals surface area (Å²) >= 11 is 0. The molecular weight excluding hydrogens is 216 g/mol. The third-order valence-electron chi connectivity index (χ3n) is 3.74. The fraction of sp³-hybridized carbons (Fsp3) is 0.692. The average Bonchev–Trinajstić information content (AvgIpc) is 2.81. The van der Waals surface area contributed by atoms with E-state index in [0.717, 1.165) is 19.4 Å². The van der Waals surface area contributed by atoms with Crippen molar-refractivity contribution < 1.29 is 9.90 Å². The number of carbonyl (C=O) groups is 1. The van der Waals surface area contributed by atoms with Crippen LogP contribution in [0, 0.1) is 5.92 Å². The molecule has 4 heteroatoms. The Morgan fingerprint density at radius 3 is 2.76 bits per heavy atom. The number of hydrogen-bond acceptors (Lipinski definition) is 3. The molecule has 0 spiro atoms. The molecule has 0 radical (unpaired) electrons. The van der Waals surface area contributed by atoms with E-state index >= 15 is 0 Å². The number of nitrogens with zero attached hydrogens (tertiary/aromatic N) is 2. The highest BCUT2D eigenvalue weighted by Gasteiger charge is 2.39. The second kappa shape index (κ2) is 4.61. The van der Waals surface area contributed by atoms with Crippen molar-refractivity contribution in [2.45, 2.75) is 51.7 Å². The van der Waals surface area contributed by atoms with Crippen LogP contribution >= 0.6 is 0 Å². The van der Waals surface area contributed by atoms with Gasteiger partial charge in [0.2, 0.25) is 0 Å². The molecule has 1 aromatic rings. The summed E-state index contributed by atoms with van der Waals surface area (Å²) in [6.07, 6.45) is 6.27. The van der Waals surface area contributed by atoms with E-state index in [0.29, 0.717) is 24.3 Å². The van der Waals surface area contributed by atoms with Crippen molar-refractivity contribution in [2.24, 2.45) is 5.92 Å². The van der Waals surface area contributed by atoms with E-state index in [1.165, 1.54) is 0 Å². The summed E-state index contributed by atoms with van der Waals surface area (Å²) in [6.45, 7) is 4.88. The zero-order chi connectivity index (χ0) is 12.5. The molecule has 94 valence electrons. The molecular formula is C13H20N2O2. The number of aromatic nitrogens is 2. The molecule has 1 aromatic heterocycles. The van der Waals surface area contributed by atoms with Crippen molar-refractivity contribution in [1.82, 2.24) is 9.78 Å². The summed E-state index contributed by atoms with van der Waals surface area (Å²) in [7, 11) is 0. The number of carbonyl (C=O) groups excluding carboxylic acids is 1. The number of rotatable bonds is 3. The van der Waals surface area contributed by atoms with E-state index in [9.17, 15) is 9.90 Å². The van der Waals surface area contributed by atoms with Crippen LogP contribution in [0.25, 0.3) is 0 Å². The van der Waals surface area contributed by atoms with Crippen LogP contribution < -0.4 is 0 Å². The summed E-state index contributed by atoms with van der Waals surface area (Å²) in [5.74, 6) is 0.450. The maximum absolute atomic E-state index is 12.3. The van der Waals surface area contributed by atoms with Gasteiger partial charge in [-0.2, -0.15) is 5.10 Å². The van der Waals surface area contributed by atoms with Crippen LogP contribution in [0.15, 0.2) is 12.4 Å². The van der Waals surface area contributed by atoms with Gasteiger partial charge in [0.25, 0.3) is 0 Å². The summed E-state index contributed by atoms with van der Waals surface area (Å²) in [4.78, 5) is 12.3. The van der Waals surface area contributed by atoms with Crippen LogP contribution in [0.5, 0.6) is 0 Å². The van der Waals surface area contributed by atoms with Crippen LogP contribution in [-0.2, 0) is 6.54 Å². The standard InChI is InChI=1S/C13H20N2O2/c1-3-15-9-11(8-14-15)12(16)13(17)6-4-10(2)5-7-13/h8-10,17H,3-7H2,1-2H3. The van der Waals surface area contributed by atoms with Crippen molar-refractivity contribution in [3.05, 3.63) is 18.0 Å². The van der Waals surface area contributed by atoms with E-state index in [4.69, 9.17) is 0 Å². The lowest BCUT2D eigenvalue weighted by Crippen LogP contribution is -2.41. The van der Waals surface area contributed by atoms with E-state index in [1.807, 2.05) is 6.92 Å². The van der Waals surface area contributed by atoms with Crippen molar-refractivity contribution >= 4 is 5.78 Å². The molecule has 0 amide bonds. The second-order valence-corrected chi connectivity index (χ2v) is 5.13. The quantitative estimate of drug-likeness (QED) is 0.817. The number of Topliss-reactive ketones (excluding diaryl/α,β-unsaturated/α-hetero) is 1. The predicted molar refractivity (Wildman–Crippen MR) is 64.8 cm³/mol. The Balaban J connectivity index is 2.13. The molecule has 1 heterocycles. The molecule has 1 N–H and O–H groups in total. The van der Waals surface area contributed by atoms with Gasteiger partial charge in [-0.1, -0.05) is 6.92 Å². The van der Waals surface area contributed by atoms with Crippen molar-refractivity contribution in [3.63, 3.8) is 0 Å². The van der Waals surface area contributed by atoms with Gasteiger partial charge in [-0.05, 0) is 38.5 Å². The molecule has 1 aliphatic carbocycles. The highest BCUT2D eigenvalue weighted by atomic mass is 16.3. The van der Waals surface area contributed by atoms with E-state index in [2.05, 4.69) is 12.0 Å². The normalized spacial score (nSPS) is 29.2. The lowest BCUT2D eigenvalue weighted by molar-refractivity contribution is 0.00425. The van der Waals surface area contributed by atoms with E-state index in [1.54, 1.807) is 17.1 Å². The third kappa shape index (κ3) is 2.41. The molecule has 0 aromatic carbocycles. The molecule has 17 heavy (non-hydrogen) atoms. The average molecular weight is 236 g/mol. The number of ketones is 1. The van der Waals surface area contributed by atoms with Gasteiger partial charge in [-0.15, -0.1) is 0 Å². The maximum atomic E-state index is 12.3. The van der Waals surface area contributed by atoms with Crippen LogP contribution in [0.1, 0.15) is 49.9 Å². The topological polar surface area (TPSA) is 55.1 Å². The molecule has 0 aliphatic heterocycles. The first-order chi connectivity index (χ1) is 8.05. The van der Waals surface area contributed by atoms with Gasteiger partial charge in [0.05, 0.1) is 11.8 Å². The van der Waals surface area contributed by atoms with Gasteiger partial charge in [0.15, 0.2) is 5.78 Å². The van der Waals surface area contributed by atoms with Gasteiger partial charge in [-0.25, -0.2) is 0 Å². The molecule has 0 bridgehead atoms. The summed E-state index contributed by atoms with van der Waals surface area (Å²) < 4.78 is 1.71. The van der Waals surface area contributed by atoms with Gasteiger partial charge < -0.3 is 5.11 Å². The van der Waals surface area contributed by atoms with Gasteiger partial charge in [-0.3, -0.25) is 9.48 Å². The molecule has 0 unspecified atom stereocenters. The van der Waals surface area contributed by atoms with E-state index in [-0.39, 0.29) is 5.78 Å². The molecule has 1 saturated carbocycles. The first kappa shape index (κ1) is 12.3. The fourth-order valence-electron chi connectivity index (χ4n) is 2.39. The molecule has 4 nitrogen and oxygen atoms in total. The summed E-state index contributed by atoms with van der Waals surface area (Å²) in [6, 6.07) is 0. The molecule has 0 atom stereocenters. The van der Waals surface area contributed by atoms with Gasteiger partial charge in [0, 0.05) is 12.7 Å². The molecule has 0 saturated heterocycles.